The summed E-state index contributed by atoms with van der Waals surface area (Å²) in [5.74, 6) is 10.1. The van der Waals surface area contributed by atoms with Crippen molar-refractivity contribution < 1.29 is 9.47 Å². The van der Waals surface area contributed by atoms with Gasteiger partial charge in [-0.25, -0.2) is 0 Å². The average Bonchev–Trinajstić information content (AvgIpc) is 3.78. The Balaban J connectivity index is 1.14. The van der Waals surface area contributed by atoms with Gasteiger partial charge in [-0.05, 0) is 197 Å². The highest BCUT2D eigenvalue weighted by Crippen LogP contribution is 2.68. The first-order valence-electron chi connectivity index (χ1n) is 20.1. The number of hydrogen-bond acceptors (Lipinski definition) is 2. The first-order chi connectivity index (χ1) is 21.6. The number of benzene rings is 1. The summed E-state index contributed by atoms with van der Waals surface area (Å²) in [6, 6.07) is 5.74. The molecule has 12 saturated carbocycles. The standard InChI is InChI=1S/C43H60O2/c1-40(2,3)39(37-24-44-37)45-36-14-34(41-15-25-4-26(16-41)6-27(5-25)17-41)13-35(42-18-28-7-29(19-42)9-30(8-28)20-42)38(36)43-21-31-10-32(22-43)12-33(11-31)23-43/h13-14,25-33,37,39H,4-12,15-24H2,1-3H3. The van der Waals surface area contributed by atoms with Crippen LogP contribution in [0.3, 0.4) is 0 Å². The third kappa shape index (κ3) is 4.21. The molecule has 45 heavy (non-hydrogen) atoms. The summed E-state index contributed by atoms with van der Waals surface area (Å²) in [6.45, 7) is 8.11. The molecule has 0 radical (unpaired) electrons. The van der Waals surface area contributed by atoms with Gasteiger partial charge in [0.1, 0.15) is 18.0 Å². The monoisotopic (exact) mass is 608 g/mol. The second kappa shape index (κ2) is 9.15. The molecule has 1 saturated heterocycles. The molecule has 0 N–H and O–H groups in total. The molecule has 14 rings (SSSR count). The Labute approximate surface area is 273 Å². The first-order valence-corrected chi connectivity index (χ1v) is 20.1. The summed E-state index contributed by atoms with van der Waals surface area (Å²) in [5, 5.41) is 0. The normalized spacial score (nSPS) is 52.1. The van der Waals surface area contributed by atoms with E-state index in [1.165, 1.54) is 121 Å². The summed E-state index contributed by atoms with van der Waals surface area (Å²) in [6.07, 6.45) is 27.4. The van der Waals surface area contributed by atoms with Crippen LogP contribution in [0.15, 0.2) is 12.1 Å². The average molecular weight is 609 g/mol. The Morgan fingerprint density at radius 1 is 0.578 bits per heavy atom. The van der Waals surface area contributed by atoms with Crippen LogP contribution < -0.4 is 4.74 Å². The largest absolute Gasteiger partial charge is 0.487 e. The Bertz CT molecular complexity index is 1280. The van der Waals surface area contributed by atoms with Crippen molar-refractivity contribution in [3.8, 4) is 5.75 Å². The molecule has 0 spiro atoms. The highest BCUT2D eigenvalue weighted by molar-refractivity contribution is 5.55. The van der Waals surface area contributed by atoms with E-state index in [1.807, 2.05) is 5.56 Å². The van der Waals surface area contributed by atoms with Crippen molar-refractivity contribution in [3.63, 3.8) is 0 Å². The summed E-state index contributed by atoms with van der Waals surface area (Å²) >= 11 is 0. The van der Waals surface area contributed by atoms with Gasteiger partial charge in [-0.1, -0.05) is 26.8 Å². The van der Waals surface area contributed by atoms with Gasteiger partial charge in [0.15, 0.2) is 0 Å². The van der Waals surface area contributed by atoms with Gasteiger partial charge in [0.2, 0.25) is 0 Å². The molecular weight excluding hydrogens is 548 g/mol. The Morgan fingerprint density at radius 2 is 0.956 bits per heavy atom. The lowest BCUT2D eigenvalue weighted by atomic mass is 9.43. The second-order valence-corrected chi connectivity index (χ2v) is 21.3. The zero-order chi connectivity index (χ0) is 29.9. The van der Waals surface area contributed by atoms with Gasteiger partial charge in [0, 0.05) is 16.4 Å². The van der Waals surface area contributed by atoms with Gasteiger partial charge >= 0.3 is 0 Å². The van der Waals surface area contributed by atoms with E-state index in [4.69, 9.17) is 9.47 Å². The minimum Gasteiger partial charge on any atom is -0.487 e. The van der Waals surface area contributed by atoms with Crippen LogP contribution in [0.4, 0.5) is 0 Å². The van der Waals surface area contributed by atoms with Crippen LogP contribution in [0, 0.1) is 58.7 Å². The van der Waals surface area contributed by atoms with E-state index in [0.717, 1.165) is 59.9 Å². The van der Waals surface area contributed by atoms with Crippen LogP contribution in [0.1, 0.15) is 153 Å². The van der Waals surface area contributed by atoms with Crippen molar-refractivity contribution in [1.29, 1.82) is 0 Å². The van der Waals surface area contributed by atoms with Gasteiger partial charge < -0.3 is 9.47 Å². The van der Waals surface area contributed by atoms with Gasteiger partial charge in [0.05, 0.1) is 6.61 Å². The molecule has 12 bridgehead atoms. The minimum absolute atomic E-state index is 0.0669. The first kappa shape index (κ1) is 27.9. The third-order valence-corrected chi connectivity index (χ3v) is 16.7. The lowest BCUT2D eigenvalue weighted by molar-refractivity contribution is -0.0213. The molecule has 0 amide bonds. The molecule has 2 unspecified atom stereocenters. The molecule has 0 aromatic heterocycles. The maximum Gasteiger partial charge on any atom is 0.132 e. The van der Waals surface area contributed by atoms with Crippen LogP contribution in [-0.2, 0) is 21.0 Å². The van der Waals surface area contributed by atoms with Gasteiger partial charge in [0.25, 0.3) is 0 Å². The molecule has 2 heteroatoms. The quantitative estimate of drug-likeness (QED) is 0.300. The molecule has 244 valence electrons. The minimum atomic E-state index is 0.0669. The Morgan fingerprint density at radius 3 is 1.33 bits per heavy atom. The van der Waals surface area contributed by atoms with E-state index in [1.54, 1.807) is 11.1 Å². The molecule has 13 aliphatic rings. The van der Waals surface area contributed by atoms with E-state index in [0.29, 0.717) is 16.2 Å². The third-order valence-electron chi connectivity index (χ3n) is 16.7. The van der Waals surface area contributed by atoms with Gasteiger partial charge in [-0.3, -0.25) is 0 Å². The van der Waals surface area contributed by atoms with Crippen molar-refractivity contribution in [3.05, 3.63) is 28.8 Å². The summed E-state index contributed by atoms with van der Waals surface area (Å²) in [4.78, 5) is 0. The summed E-state index contributed by atoms with van der Waals surface area (Å²) in [5.41, 5.74) is 6.68. The van der Waals surface area contributed by atoms with E-state index in [-0.39, 0.29) is 17.6 Å². The number of hydrogen-bond donors (Lipinski definition) is 0. The lowest BCUT2D eigenvalue weighted by Crippen LogP contribution is -2.53. The van der Waals surface area contributed by atoms with Crippen LogP contribution in [0.2, 0.25) is 0 Å². The van der Waals surface area contributed by atoms with Crippen molar-refractivity contribution in [1.82, 2.24) is 0 Å². The summed E-state index contributed by atoms with van der Waals surface area (Å²) < 4.78 is 13.8. The molecule has 2 atom stereocenters. The van der Waals surface area contributed by atoms with Gasteiger partial charge in [-0.2, -0.15) is 0 Å². The smallest absolute Gasteiger partial charge is 0.132 e. The van der Waals surface area contributed by atoms with Crippen LogP contribution in [-0.4, -0.2) is 18.8 Å². The predicted molar refractivity (Wildman–Crippen MR) is 180 cm³/mol. The SMILES string of the molecule is CC(C)(C)C(Oc1cc(C23CC4CC(CC(C4)C2)C3)cc(C23CC4CC(CC(C4)C2)C3)c1C12CC3CC(CC(C3)C1)C2)C1CO1. The van der Waals surface area contributed by atoms with E-state index in [2.05, 4.69) is 32.9 Å². The van der Waals surface area contributed by atoms with Crippen molar-refractivity contribution in [2.75, 3.05) is 6.61 Å². The Kier molecular flexibility index (Phi) is 5.67. The maximum absolute atomic E-state index is 7.71. The number of rotatable bonds is 6. The number of epoxide rings is 1. The fraction of sp³-hybridized carbons (Fsp3) is 0.860. The molecule has 1 aromatic carbocycles. The van der Waals surface area contributed by atoms with Crippen LogP contribution >= 0.6 is 0 Å². The van der Waals surface area contributed by atoms with Crippen molar-refractivity contribution >= 4 is 0 Å². The number of ether oxygens (including phenoxy) is 2. The van der Waals surface area contributed by atoms with Gasteiger partial charge in [-0.15, -0.1) is 0 Å². The molecule has 13 fully saturated rings. The van der Waals surface area contributed by atoms with Crippen LogP contribution in [0.25, 0.3) is 0 Å². The molecule has 12 aliphatic carbocycles. The zero-order valence-electron chi connectivity index (χ0n) is 28.8. The molecular formula is C43H60O2. The zero-order valence-corrected chi connectivity index (χ0v) is 28.8. The Hall–Kier alpha value is -1.02. The van der Waals surface area contributed by atoms with Crippen molar-refractivity contribution in [2.24, 2.45) is 58.7 Å². The molecule has 2 nitrogen and oxygen atoms in total. The fourth-order valence-corrected chi connectivity index (χ4v) is 16.5. The highest BCUT2D eigenvalue weighted by Gasteiger charge is 2.59. The van der Waals surface area contributed by atoms with E-state index in [9.17, 15) is 0 Å². The molecule has 1 aliphatic heterocycles. The van der Waals surface area contributed by atoms with Crippen molar-refractivity contribution in [2.45, 2.75) is 165 Å². The topological polar surface area (TPSA) is 21.8 Å². The fourth-order valence-electron chi connectivity index (χ4n) is 16.5. The van der Waals surface area contributed by atoms with E-state index >= 15 is 0 Å². The molecule has 1 aromatic rings. The highest BCUT2D eigenvalue weighted by atomic mass is 16.6. The lowest BCUT2D eigenvalue weighted by Gasteiger charge is -2.61. The van der Waals surface area contributed by atoms with E-state index < -0.39 is 0 Å². The van der Waals surface area contributed by atoms with Crippen LogP contribution in [0.5, 0.6) is 5.75 Å². The second-order valence-electron chi connectivity index (χ2n) is 21.3. The summed E-state index contributed by atoms with van der Waals surface area (Å²) in [7, 11) is 0. The predicted octanol–water partition coefficient (Wildman–Crippen LogP) is 10.3. The molecule has 1 heterocycles. The maximum atomic E-state index is 7.71.